The van der Waals surface area contributed by atoms with Crippen molar-refractivity contribution in [3.63, 3.8) is 0 Å². The molecule has 1 aliphatic carbocycles. The average molecular weight is 538 g/mol. The Labute approximate surface area is 229 Å². The van der Waals surface area contributed by atoms with Crippen molar-refractivity contribution in [2.45, 2.75) is 64.8 Å². The lowest BCUT2D eigenvalue weighted by atomic mass is 9.81. The van der Waals surface area contributed by atoms with Gasteiger partial charge in [-0.1, -0.05) is 62.4 Å². The van der Waals surface area contributed by atoms with Gasteiger partial charge in [0.2, 0.25) is 11.8 Å². The maximum Gasteiger partial charge on any atom is 0.421 e. The predicted octanol–water partition coefficient (Wildman–Crippen LogP) is 2.54. The summed E-state index contributed by atoms with van der Waals surface area (Å²) in [4.78, 5) is 50.6. The van der Waals surface area contributed by atoms with Gasteiger partial charge in [-0.3, -0.25) is 19.8 Å². The molecule has 210 valence electrons. The van der Waals surface area contributed by atoms with E-state index >= 15 is 0 Å². The number of carbonyl (C=O) groups is 4. The molecule has 3 rings (SSSR count). The van der Waals surface area contributed by atoms with Crippen molar-refractivity contribution in [2.75, 3.05) is 13.6 Å². The number of nitrogens with one attached hydrogen (secondary N) is 5. The number of amides is 3. The van der Waals surface area contributed by atoms with Gasteiger partial charge in [-0.05, 0) is 55.8 Å². The Morgan fingerprint density at radius 2 is 1.74 bits per heavy atom. The van der Waals surface area contributed by atoms with Crippen molar-refractivity contribution in [3.8, 4) is 0 Å². The number of hydrogen-bond acceptors (Lipinski definition) is 7. The van der Waals surface area contributed by atoms with Crippen LogP contribution in [0.5, 0.6) is 0 Å². The number of rotatable bonds is 12. The van der Waals surface area contributed by atoms with Crippen LogP contribution in [0.1, 0.15) is 66.7 Å². The van der Waals surface area contributed by atoms with Crippen LogP contribution in [0.25, 0.3) is 0 Å². The summed E-state index contributed by atoms with van der Waals surface area (Å²) in [5.41, 5.74) is 8.17. The normalized spacial score (nSPS) is 16.0. The van der Waals surface area contributed by atoms with Gasteiger partial charge >= 0.3 is 6.09 Å². The second kappa shape index (κ2) is 14.4. The minimum atomic E-state index is -0.686. The fourth-order valence-electron chi connectivity index (χ4n) is 4.54. The molecule has 5 N–H and O–H groups in total. The van der Waals surface area contributed by atoms with Gasteiger partial charge in [0.15, 0.2) is 5.78 Å². The smallest absolute Gasteiger partial charge is 0.421 e. The molecule has 0 aliphatic heterocycles. The van der Waals surface area contributed by atoms with Crippen LogP contribution in [0, 0.1) is 5.92 Å². The van der Waals surface area contributed by atoms with E-state index in [0.717, 1.165) is 29.5 Å². The molecule has 10 heteroatoms. The van der Waals surface area contributed by atoms with Gasteiger partial charge in [0.1, 0.15) is 6.61 Å². The Morgan fingerprint density at radius 1 is 1.00 bits per heavy atom. The van der Waals surface area contributed by atoms with Gasteiger partial charge < -0.3 is 20.7 Å². The summed E-state index contributed by atoms with van der Waals surface area (Å²) in [6.07, 6.45) is 1.55. The molecule has 3 unspecified atom stereocenters. The fourth-order valence-corrected chi connectivity index (χ4v) is 4.54. The molecule has 10 nitrogen and oxygen atoms in total. The van der Waals surface area contributed by atoms with E-state index in [2.05, 4.69) is 26.8 Å². The SMILES string of the molecule is CNC(C)C(=O)NC(C(=O)c1cccc2c1CCCC2NC(=O)CNNC(=O)OCc1ccccc1)C(C)C. The molecule has 3 amide bonds. The lowest BCUT2D eigenvalue weighted by Crippen LogP contribution is -2.50. The van der Waals surface area contributed by atoms with Crippen LogP contribution in [0.3, 0.4) is 0 Å². The lowest BCUT2D eigenvalue weighted by Gasteiger charge is -2.30. The average Bonchev–Trinajstić information content (AvgIpc) is 2.94. The third-order valence-electron chi connectivity index (χ3n) is 6.83. The molecule has 0 fully saturated rings. The molecule has 2 aromatic carbocycles. The number of hydrogen-bond donors (Lipinski definition) is 5. The maximum absolute atomic E-state index is 13.6. The Balaban J connectivity index is 1.59. The number of hydrazine groups is 1. The summed E-state index contributed by atoms with van der Waals surface area (Å²) in [6.45, 7) is 5.53. The zero-order chi connectivity index (χ0) is 28.4. The first-order valence-electron chi connectivity index (χ1n) is 13.3. The van der Waals surface area contributed by atoms with Crippen molar-refractivity contribution in [1.82, 2.24) is 26.8 Å². The predicted molar refractivity (Wildman–Crippen MR) is 148 cm³/mol. The Kier molecular flexibility index (Phi) is 11.0. The van der Waals surface area contributed by atoms with Crippen molar-refractivity contribution in [3.05, 3.63) is 70.8 Å². The zero-order valence-electron chi connectivity index (χ0n) is 23.0. The molecule has 0 radical (unpaired) electrons. The van der Waals surface area contributed by atoms with Crippen LogP contribution in [0.4, 0.5) is 4.79 Å². The first kappa shape index (κ1) is 29.8. The molecule has 0 saturated carbocycles. The van der Waals surface area contributed by atoms with Crippen LogP contribution >= 0.6 is 0 Å². The van der Waals surface area contributed by atoms with E-state index in [0.29, 0.717) is 12.0 Å². The molecule has 0 heterocycles. The number of carbonyl (C=O) groups excluding carboxylic acids is 4. The van der Waals surface area contributed by atoms with E-state index in [1.54, 1.807) is 20.0 Å². The highest BCUT2D eigenvalue weighted by Gasteiger charge is 2.31. The highest BCUT2D eigenvalue weighted by molar-refractivity contribution is 6.04. The topological polar surface area (TPSA) is 138 Å². The summed E-state index contributed by atoms with van der Waals surface area (Å²) < 4.78 is 5.12. The molecule has 0 saturated heterocycles. The van der Waals surface area contributed by atoms with Crippen LogP contribution < -0.4 is 26.8 Å². The maximum atomic E-state index is 13.6. The van der Waals surface area contributed by atoms with Gasteiger partial charge in [-0.25, -0.2) is 10.2 Å². The molecule has 3 atom stereocenters. The largest absolute Gasteiger partial charge is 0.444 e. The first-order chi connectivity index (χ1) is 18.7. The minimum absolute atomic E-state index is 0.0987. The highest BCUT2D eigenvalue weighted by atomic mass is 16.6. The van der Waals surface area contributed by atoms with Crippen LogP contribution in [-0.2, 0) is 27.4 Å². The Bertz CT molecular complexity index is 1150. The second-order valence-electron chi connectivity index (χ2n) is 10.0. The number of benzene rings is 2. The monoisotopic (exact) mass is 537 g/mol. The number of likely N-dealkylation sites (N-methyl/N-ethyl adjacent to an activating group) is 1. The van der Waals surface area contributed by atoms with Crippen molar-refractivity contribution in [2.24, 2.45) is 5.92 Å². The van der Waals surface area contributed by atoms with Gasteiger partial charge in [-0.15, -0.1) is 0 Å². The lowest BCUT2D eigenvalue weighted by molar-refractivity contribution is -0.123. The Morgan fingerprint density at radius 3 is 2.44 bits per heavy atom. The summed E-state index contributed by atoms with van der Waals surface area (Å²) in [5, 5.41) is 8.79. The van der Waals surface area contributed by atoms with E-state index in [9.17, 15) is 19.2 Å². The van der Waals surface area contributed by atoms with Gasteiger partial charge in [0.05, 0.1) is 24.7 Å². The molecule has 1 aliphatic rings. The summed E-state index contributed by atoms with van der Waals surface area (Å²) in [7, 11) is 1.70. The molecule has 39 heavy (non-hydrogen) atoms. The second-order valence-corrected chi connectivity index (χ2v) is 10.0. The quantitative estimate of drug-likeness (QED) is 0.207. The van der Waals surface area contributed by atoms with Crippen molar-refractivity contribution >= 4 is 23.7 Å². The molecule has 0 aromatic heterocycles. The van der Waals surface area contributed by atoms with Crippen molar-refractivity contribution < 1.29 is 23.9 Å². The number of Topliss-reactive ketones (excluding diaryl/α,β-unsaturated/α-hetero) is 1. The van der Waals surface area contributed by atoms with Gasteiger partial charge in [0.25, 0.3) is 0 Å². The van der Waals surface area contributed by atoms with E-state index < -0.39 is 18.2 Å². The third kappa shape index (κ3) is 8.36. The Hall–Kier alpha value is -3.76. The minimum Gasteiger partial charge on any atom is -0.444 e. The zero-order valence-corrected chi connectivity index (χ0v) is 23.0. The van der Waals surface area contributed by atoms with Crippen molar-refractivity contribution in [1.29, 1.82) is 0 Å². The molecular weight excluding hydrogens is 498 g/mol. The van der Waals surface area contributed by atoms with E-state index in [4.69, 9.17) is 4.74 Å². The van der Waals surface area contributed by atoms with E-state index in [1.165, 1.54) is 0 Å². The van der Waals surface area contributed by atoms with E-state index in [-0.39, 0.29) is 42.7 Å². The van der Waals surface area contributed by atoms with Crippen LogP contribution in [0.15, 0.2) is 48.5 Å². The standard InChI is InChI=1S/C29H39N5O5/c1-18(2)26(33-28(37)19(3)30-4)27(36)23-14-8-13-22-21(23)12-9-15-24(22)32-25(35)16-31-34-29(38)39-17-20-10-6-5-7-11-20/h5-8,10-11,13-14,18-19,24,26,30-31H,9,12,15-17H2,1-4H3,(H,32,35)(H,33,37)(H,34,38). The number of fused-ring (bicyclic) bond motifs is 1. The van der Waals surface area contributed by atoms with Gasteiger partial charge in [0, 0.05) is 5.56 Å². The van der Waals surface area contributed by atoms with Crippen LogP contribution in [0.2, 0.25) is 0 Å². The van der Waals surface area contributed by atoms with Gasteiger partial charge in [-0.2, -0.15) is 0 Å². The molecular formula is C29H39N5O5. The number of ether oxygens (including phenoxy) is 1. The molecule has 2 aromatic rings. The third-order valence-corrected chi connectivity index (χ3v) is 6.83. The summed E-state index contributed by atoms with van der Waals surface area (Å²) >= 11 is 0. The summed E-state index contributed by atoms with van der Waals surface area (Å²) in [6, 6.07) is 13.5. The molecule has 0 spiro atoms. The van der Waals surface area contributed by atoms with E-state index in [1.807, 2.05) is 56.3 Å². The first-order valence-corrected chi connectivity index (χ1v) is 13.3. The van der Waals surface area contributed by atoms with Crippen LogP contribution in [-0.4, -0.2) is 49.4 Å². The fraction of sp³-hybridized carbons (Fsp3) is 0.448. The molecule has 0 bridgehead atoms. The number of ketones is 1. The highest BCUT2D eigenvalue weighted by Crippen LogP contribution is 2.32. The summed E-state index contributed by atoms with van der Waals surface area (Å²) in [5.74, 6) is -0.769.